The average molecular weight is 224 g/mol. The second-order valence-electron chi connectivity index (χ2n) is 3.89. The Morgan fingerprint density at radius 3 is 2.69 bits per heavy atom. The van der Waals surface area contributed by atoms with E-state index < -0.39 is 0 Å². The molecule has 0 aliphatic rings. The zero-order valence-electron chi connectivity index (χ0n) is 10.3. The van der Waals surface area contributed by atoms with Crippen LogP contribution in [0.15, 0.2) is 0 Å². The maximum absolute atomic E-state index is 11.8. The summed E-state index contributed by atoms with van der Waals surface area (Å²) in [6.07, 6.45) is 4.10. The minimum Gasteiger partial charge on any atom is -0.339 e. The normalized spacial score (nSPS) is 10.4. The molecule has 90 valence electrons. The van der Waals surface area contributed by atoms with E-state index in [2.05, 4.69) is 22.1 Å². The minimum absolute atomic E-state index is 0.105. The standard InChI is InChI=1S/C11H20N4O/c1-4-6-7-8-15(3)11(16)10-12-9(5-2)13-14-10/h4-8H2,1-3H3,(H,12,13,14). The van der Waals surface area contributed by atoms with Crippen LogP contribution in [0.3, 0.4) is 0 Å². The van der Waals surface area contributed by atoms with E-state index in [1.54, 1.807) is 11.9 Å². The largest absolute Gasteiger partial charge is 0.339 e. The molecule has 0 bridgehead atoms. The van der Waals surface area contributed by atoms with Gasteiger partial charge in [0.05, 0.1) is 0 Å². The molecule has 5 heteroatoms. The van der Waals surface area contributed by atoms with E-state index in [9.17, 15) is 4.79 Å². The third kappa shape index (κ3) is 3.32. The highest BCUT2D eigenvalue weighted by Crippen LogP contribution is 2.01. The molecule has 0 fully saturated rings. The Kier molecular flexibility index (Phi) is 4.95. The van der Waals surface area contributed by atoms with Crippen LogP contribution >= 0.6 is 0 Å². The van der Waals surface area contributed by atoms with Crippen LogP contribution in [-0.4, -0.2) is 39.6 Å². The van der Waals surface area contributed by atoms with E-state index in [1.165, 1.54) is 0 Å². The van der Waals surface area contributed by atoms with Crippen LogP contribution in [0.5, 0.6) is 0 Å². The van der Waals surface area contributed by atoms with Crippen molar-refractivity contribution in [3.63, 3.8) is 0 Å². The van der Waals surface area contributed by atoms with Crippen LogP contribution in [0.4, 0.5) is 0 Å². The number of amides is 1. The highest BCUT2D eigenvalue weighted by atomic mass is 16.2. The fourth-order valence-corrected chi connectivity index (χ4v) is 1.42. The number of carbonyl (C=O) groups is 1. The Bertz CT molecular complexity index is 334. The molecule has 0 saturated heterocycles. The molecule has 0 aliphatic heterocycles. The topological polar surface area (TPSA) is 61.9 Å². The van der Waals surface area contributed by atoms with E-state index in [0.717, 1.165) is 38.1 Å². The maximum atomic E-state index is 11.8. The van der Waals surface area contributed by atoms with E-state index in [-0.39, 0.29) is 11.7 Å². The summed E-state index contributed by atoms with van der Waals surface area (Å²) in [7, 11) is 1.79. The number of nitrogens with one attached hydrogen (secondary N) is 1. The highest BCUT2D eigenvalue weighted by molar-refractivity contribution is 5.90. The predicted molar refractivity (Wildman–Crippen MR) is 62.2 cm³/mol. The summed E-state index contributed by atoms with van der Waals surface area (Å²) in [5, 5.41) is 6.66. The molecule has 0 saturated carbocycles. The molecule has 1 amide bonds. The van der Waals surface area contributed by atoms with Gasteiger partial charge in [0.25, 0.3) is 5.91 Å². The number of carbonyl (C=O) groups excluding carboxylic acids is 1. The SMILES string of the molecule is CCCCCN(C)C(=O)c1n[nH]c(CC)n1. The quantitative estimate of drug-likeness (QED) is 0.747. The Labute approximate surface area is 96.3 Å². The summed E-state index contributed by atoms with van der Waals surface area (Å²) < 4.78 is 0. The van der Waals surface area contributed by atoms with Gasteiger partial charge in [0.1, 0.15) is 5.82 Å². The third-order valence-corrected chi connectivity index (χ3v) is 2.50. The second kappa shape index (κ2) is 6.25. The van der Waals surface area contributed by atoms with E-state index >= 15 is 0 Å². The van der Waals surface area contributed by atoms with Gasteiger partial charge in [-0.15, -0.1) is 5.10 Å². The fourth-order valence-electron chi connectivity index (χ4n) is 1.42. The number of hydrogen-bond acceptors (Lipinski definition) is 3. The number of unbranched alkanes of at least 4 members (excludes halogenated alkanes) is 2. The van der Waals surface area contributed by atoms with Crippen LogP contribution in [0.2, 0.25) is 0 Å². The lowest BCUT2D eigenvalue weighted by atomic mass is 10.2. The highest BCUT2D eigenvalue weighted by Gasteiger charge is 2.15. The maximum Gasteiger partial charge on any atom is 0.293 e. The van der Waals surface area contributed by atoms with Gasteiger partial charge in [0, 0.05) is 20.0 Å². The van der Waals surface area contributed by atoms with Gasteiger partial charge in [-0.25, -0.2) is 4.98 Å². The van der Waals surface area contributed by atoms with Crippen molar-refractivity contribution in [3.8, 4) is 0 Å². The number of nitrogens with zero attached hydrogens (tertiary/aromatic N) is 3. The van der Waals surface area contributed by atoms with Crippen LogP contribution in [0.25, 0.3) is 0 Å². The fraction of sp³-hybridized carbons (Fsp3) is 0.727. The smallest absolute Gasteiger partial charge is 0.293 e. The zero-order chi connectivity index (χ0) is 12.0. The molecule has 0 aliphatic carbocycles. The van der Waals surface area contributed by atoms with Crippen molar-refractivity contribution in [2.45, 2.75) is 39.5 Å². The van der Waals surface area contributed by atoms with Gasteiger partial charge < -0.3 is 4.90 Å². The number of H-pyrrole nitrogens is 1. The summed E-state index contributed by atoms with van der Waals surface area (Å²) in [5.74, 6) is 0.924. The predicted octanol–water partition coefficient (Wildman–Crippen LogP) is 1.63. The Balaban J connectivity index is 2.49. The molecule has 1 rings (SSSR count). The van der Waals surface area contributed by atoms with Crippen LogP contribution in [-0.2, 0) is 6.42 Å². The number of aromatic amines is 1. The molecule has 0 spiro atoms. The second-order valence-corrected chi connectivity index (χ2v) is 3.89. The lowest BCUT2D eigenvalue weighted by Crippen LogP contribution is -2.28. The first-order valence-electron chi connectivity index (χ1n) is 5.85. The van der Waals surface area contributed by atoms with E-state index in [0.29, 0.717) is 0 Å². The first kappa shape index (κ1) is 12.7. The van der Waals surface area contributed by atoms with Gasteiger partial charge in [-0.1, -0.05) is 26.7 Å². The van der Waals surface area contributed by atoms with E-state index in [1.807, 2.05) is 6.92 Å². The van der Waals surface area contributed by atoms with Crippen molar-refractivity contribution in [1.82, 2.24) is 20.1 Å². The summed E-state index contributed by atoms with van der Waals surface area (Å²) in [4.78, 5) is 17.6. The number of hydrogen-bond donors (Lipinski definition) is 1. The van der Waals surface area contributed by atoms with E-state index in [4.69, 9.17) is 0 Å². The van der Waals surface area contributed by atoms with Crippen molar-refractivity contribution in [2.75, 3.05) is 13.6 Å². The summed E-state index contributed by atoms with van der Waals surface area (Å²) >= 11 is 0. The molecule has 1 aromatic heterocycles. The number of aromatic nitrogens is 3. The molecule has 0 atom stereocenters. The molecule has 16 heavy (non-hydrogen) atoms. The Hall–Kier alpha value is -1.39. The van der Waals surface area contributed by atoms with Crippen LogP contribution in [0.1, 0.15) is 49.6 Å². The first-order valence-corrected chi connectivity index (χ1v) is 5.85. The Morgan fingerprint density at radius 1 is 1.38 bits per heavy atom. The van der Waals surface area contributed by atoms with Gasteiger partial charge in [0.2, 0.25) is 5.82 Å². The average Bonchev–Trinajstić information content (AvgIpc) is 2.76. The Morgan fingerprint density at radius 2 is 2.12 bits per heavy atom. The molecule has 1 aromatic rings. The van der Waals surface area contributed by atoms with Gasteiger partial charge in [-0.2, -0.15) is 0 Å². The lowest BCUT2D eigenvalue weighted by molar-refractivity contribution is 0.0781. The molecule has 0 radical (unpaired) electrons. The molecular weight excluding hydrogens is 204 g/mol. The minimum atomic E-state index is -0.105. The van der Waals surface area contributed by atoms with Crippen LogP contribution in [0, 0.1) is 0 Å². The van der Waals surface area contributed by atoms with Gasteiger partial charge >= 0.3 is 0 Å². The zero-order valence-corrected chi connectivity index (χ0v) is 10.3. The molecular formula is C11H20N4O. The molecule has 1 heterocycles. The summed E-state index contributed by atoms with van der Waals surface area (Å²) in [6.45, 7) is 4.88. The summed E-state index contributed by atoms with van der Waals surface area (Å²) in [5.41, 5.74) is 0. The van der Waals surface area contributed by atoms with Crippen LogP contribution < -0.4 is 0 Å². The van der Waals surface area contributed by atoms with Gasteiger partial charge in [0.15, 0.2) is 0 Å². The number of rotatable bonds is 6. The van der Waals surface area contributed by atoms with Crippen molar-refractivity contribution >= 4 is 5.91 Å². The van der Waals surface area contributed by atoms with Crippen molar-refractivity contribution in [1.29, 1.82) is 0 Å². The van der Waals surface area contributed by atoms with Crippen molar-refractivity contribution < 1.29 is 4.79 Å². The third-order valence-electron chi connectivity index (χ3n) is 2.50. The molecule has 0 aromatic carbocycles. The lowest BCUT2D eigenvalue weighted by Gasteiger charge is -2.14. The van der Waals surface area contributed by atoms with Gasteiger partial charge in [-0.05, 0) is 6.42 Å². The van der Waals surface area contributed by atoms with Crippen molar-refractivity contribution in [2.24, 2.45) is 0 Å². The number of aryl methyl sites for hydroxylation is 1. The summed E-state index contributed by atoms with van der Waals surface area (Å²) in [6, 6.07) is 0. The van der Waals surface area contributed by atoms with Gasteiger partial charge in [-0.3, -0.25) is 9.89 Å². The van der Waals surface area contributed by atoms with Crippen molar-refractivity contribution in [3.05, 3.63) is 11.6 Å². The molecule has 0 unspecified atom stereocenters. The molecule has 1 N–H and O–H groups in total. The monoisotopic (exact) mass is 224 g/mol. The first-order chi connectivity index (χ1) is 7.69. The molecule has 5 nitrogen and oxygen atoms in total.